The average Bonchev–Trinajstić information content (AvgIpc) is 3.00. The first-order valence-electron chi connectivity index (χ1n) is 10.8. The molecule has 3 heterocycles. The Morgan fingerprint density at radius 3 is 2.31 bits per heavy atom. The van der Waals surface area contributed by atoms with Crippen LogP contribution < -0.4 is 0 Å². The smallest absolute Gasteiger partial charge is 0.240 e. The minimum absolute atomic E-state index is 0.294. The molecule has 1 aromatic carbocycles. The molecule has 4 rings (SSSR count). The standard InChI is InChI=1S/C22H31N5O2/c28-22(27-10-6-1-2-7-11-27)18-26-14-12-25(13-15-26)17-21-23-20(24-29-21)16-19-8-4-3-5-9-19/h3-5,8-9H,1-2,6-7,10-18H2. The Morgan fingerprint density at radius 2 is 1.59 bits per heavy atom. The third kappa shape index (κ3) is 5.87. The van der Waals surface area contributed by atoms with Crippen LogP contribution in [0.2, 0.25) is 0 Å². The summed E-state index contributed by atoms with van der Waals surface area (Å²) in [6.45, 7) is 6.75. The lowest BCUT2D eigenvalue weighted by Crippen LogP contribution is -2.49. The molecule has 1 amide bonds. The summed E-state index contributed by atoms with van der Waals surface area (Å²) in [5.74, 6) is 1.70. The molecule has 0 unspecified atom stereocenters. The van der Waals surface area contributed by atoms with E-state index in [9.17, 15) is 4.79 Å². The van der Waals surface area contributed by atoms with E-state index in [2.05, 4.69) is 37.0 Å². The minimum Gasteiger partial charge on any atom is -0.342 e. The molecule has 0 N–H and O–H groups in total. The number of amides is 1. The van der Waals surface area contributed by atoms with Gasteiger partial charge in [0.25, 0.3) is 0 Å². The molecule has 2 aliphatic heterocycles. The first-order valence-corrected chi connectivity index (χ1v) is 10.8. The van der Waals surface area contributed by atoms with E-state index in [-0.39, 0.29) is 0 Å². The van der Waals surface area contributed by atoms with Gasteiger partial charge in [0.2, 0.25) is 11.8 Å². The number of carbonyl (C=O) groups is 1. The van der Waals surface area contributed by atoms with Crippen LogP contribution >= 0.6 is 0 Å². The molecule has 0 spiro atoms. The molecule has 156 valence electrons. The minimum atomic E-state index is 0.294. The molecule has 2 aliphatic rings. The molecule has 0 radical (unpaired) electrons. The summed E-state index contributed by atoms with van der Waals surface area (Å²) in [7, 11) is 0. The first-order chi connectivity index (χ1) is 14.3. The van der Waals surface area contributed by atoms with Crippen LogP contribution in [0.4, 0.5) is 0 Å². The zero-order valence-corrected chi connectivity index (χ0v) is 17.1. The van der Waals surface area contributed by atoms with Crippen molar-refractivity contribution in [2.45, 2.75) is 38.6 Å². The van der Waals surface area contributed by atoms with Crippen LogP contribution in [0.25, 0.3) is 0 Å². The van der Waals surface area contributed by atoms with Gasteiger partial charge >= 0.3 is 0 Å². The van der Waals surface area contributed by atoms with Gasteiger partial charge in [-0.05, 0) is 18.4 Å². The van der Waals surface area contributed by atoms with Crippen LogP contribution in [0, 0.1) is 0 Å². The third-order valence-corrected chi connectivity index (χ3v) is 5.86. The molecule has 29 heavy (non-hydrogen) atoms. The van der Waals surface area contributed by atoms with E-state index < -0.39 is 0 Å². The number of hydrogen-bond donors (Lipinski definition) is 0. The number of likely N-dealkylation sites (tertiary alicyclic amines) is 1. The molecule has 7 nitrogen and oxygen atoms in total. The fourth-order valence-corrected chi connectivity index (χ4v) is 4.11. The average molecular weight is 398 g/mol. The second-order valence-electron chi connectivity index (χ2n) is 8.11. The summed E-state index contributed by atoms with van der Waals surface area (Å²) >= 11 is 0. The van der Waals surface area contributed by atoms with Gasteiger partial charge in [-0.3, -0.25) is 14.6 Å². The van der Waals surface area contributed by atoms with Gasteiger partial charge in [-0.15, -0.1) is 0 Å². The zero-order chi connectivity index (χ0) is 19.9. The van der Waals surface area contributed by atoms with E-state index >= 15 is 0 Å². The summed E-state index contributed by atoms with van der Waals surface area (Å²) in [6.07, 6.45) is 5.50. The van der Waals surface area contributed by atoms with Gasteiger partial charge in [-0.2, -0.15) is 4.98 Å². The Kier molecular flexibility index (Phi) is 6.90. The zero-order valence-electron chi connectivity index (χ0n) is 17.1. The topological polar surface area (TPSA) is 65.7 Å². The summed E-state index contributed by atoms with van der Waals surface area (Å²) < 4.78 is 5.45. The van der Waals surface area contributed by atoms with Gasteiger partial charge in [0.05, 0.1) is 13.1 Å². The summed E-state index contributed by atoms with van der Waals surface area (Å²) in [4.78, 5) is 23.8. The van der Waals surface area contributed by atoms with Gasteiger partial charge in [-0.25, -0.2) is 0 Å². The summed E-state index contributed by atoms with van der Waals surface area (Å²) in [5, 5.41) is 4.12. The second kappa shape index (κ2) is 9.98. The van der Waals surface area contributed by atoms with Gasteiger partial charge in [-0.1, -0.05) is 48.3 Å². The van der Waals surface area contributed by atoms with Crippen molar-refractivity contribution in [1.29, 1.82) is 0 Å². The SMILES string of the molecule is O=C(CN1CCN(Cc2nc(Cc3ccccc3)no2)CC1)N1CCCCCC1. The van der Waals surface area contributed by atoms with E-state index in [0.29, 0.717) is 31.3 Å². The van der Waals surface area contributed by atoms with Crippen LogP contribution in [0.1, 0.15) is 43.0 Å². The molecule has 2 saturated heterocycles. The van der Waals surface area contributed by atoms with Crippen molar-refractivity contribution in [2.75, 3.05) is 45.8 Å². The summed E-state index contributed by atoms with van der Waals surface area (Å²) in [6, 6.07) is 10.2. The predicted octanol–water partition coefficient (Wildman–Crippen LogP) is 2.18. The molecular weight excluding hydrogens is 366 g/mol. The van der Waals surface area contributed by atoms with E-state index in [1.54, 1.807) is 0 Å². The molecule has 2 aromatic rings. The number of rotatable bonds is 6. The van der Waals surface area contributed by atoms with Gasteiger partial charge in [0.15, 0.2) is 5.82 Å². The van der Waals surface area contributed by atoms with Crippen LogP contribution in [0.5, 0.6) is 0 Å². The molecular formula is C22H31N5O2. The first kappa shape index (κ1) is 20.0. The van der Waals surface area contributed by atoms with Crippen molar-refractivity contribution < 1.29 is 9.32 Å². The lowest BCUT2D eigenvalue weighted by Gasteiger charge is -2.34. The Balaban J connectivity index is 1.20. The fourth-order valence-electron chi connectivity index (χ4n) is 4.11. The Morgan fingerprint density at radius 1 is 0.897 bits per heavy atom. The second-order valence-corrected chi connectivity index (χ2v) is 8.11. The van der Waals surface area contributed by atoms with Crippen LogP contribution in [-0.2, 0) is 17.8 Å². The Bertz CT molecular complexity index is 763. The highest BCUT2D eigenvalue weighted by Crippen LogP contribution is 2.12. The highest BCUT2D eigenvalue weighted by molar-refractivity contribution is 5.78. The maximum atomic E-state index is 12.6. The predicted molar refractivity (Wildman–Crippen MR) is 110 cm³/mol. The van der Waals surface area contributed by atoms with E-state index in [1.807, 2.05) is 18.2 Å². The number of nitrogens with zero attached hydrogens (tertiary/aromatic N) is 5. The Hall–Kier alpha value is -2.25. The quantitative estimate of drug-likeness (QED) is 0.744. The van der Waals surface area contributed by atoms with Crippen LogP contribution in [-0.4, -0.2) is 76.6 Å². The highest BCUT2D eigenvalue weighted by atomic mass is 16.5. The largest absolute Gasteiger partial charge is 0.342 e. The van der Waals surface area contributed by atoms with Crippen LogP contribution in [0.15, 0.2) is 34.9 Å². The highest BCUT2D eigenvalue weighted by Gasteiger charge is 2.23. The van der Waals surface area contributed by atoms with Gasteiger partial charge < -0.3 is 9.42 Å². The fraction of sp³-hybridized carbons (Fsp3) is 0.591. The normalized spacial score (nSPS) is 19.2. The van der Waals surface area contributed by atoms with Crippen molar-refractivity contribution in [3.8, 4) is 0 Å². The van der Waals surface area contributed by atoms with Crippen molar-refractivity contribution in [1.82, 2.24) is 24.8 Å². The number of aromatic nitrogens is 2. The number of hydrogen-bond acceptors (Lipinski definition) is 6. The van der Waals surface area contributed by atoms with E-state index in [4.69, 9.17) is 4.52 Å². The molecule has 1 aromatic heterocycles. The number of piperazine rings is 1. The van der Waals surface area contributed by atoms with Gasteiger partial charge in [0, 0.05) is 45.7 Å². The number of benzene rings is 1. The molecule has 2 fully saturated rings. The Labute approximate surface area is 172 Å². The van der Waals surface area contributed by atoms with Crippen molar-refractivity contribution in [2.24, 2.45) is 0 Å². The van der Waals surface area contributed by atoms with Gasteiger partial charge in [0.1, 0.15) is 0 Å². The van der Waals surface area contributed by atoms with Crippen molar-refractivity contribution in [3.63, 3.8) is 0 Å². The molecule has 7 heteroatoms. The van der Waals surface area contributed by atoms with Crippen LogP contribution in [0.3, 0.4) is 0 Å². The lowest BCUT2D eigenvalue weighted by molar-refractivity contribution is -0.132. The molecule has 0 atom stereocenters. The van der Waals surface area contributed by atoms with E-state index in [0.717, 1.165) is 57.9 Å². The molecule has 0 bridgehead atoms. The third-order valence-electron chi connectivity index (χ3n) is 5.86. The van der Waals surface area contributed by atoms with Crippen molar-refractivity contribution >= 4 is 5.91 Å². The monoisotopic (exact) mass is 397 g/mol. The molecule has 0 saturated carbocycles. The maximum Gasteiger partial charge on any atom is 0.240 e. The maximum absolute atomic E-state index is 12.6. The van der Waals surface area contributed by atoms with Crippen molar-refractivity contribution in [3.05, 3.63) is 47.6 Å². The van der Waals surface area contributed by atoms with E-state index in [1.165, 1.54) is 18.4 Å². The summed E-state index contributed by atoms with van der Waals surface area (Å²) in [5.41, 5.74) is 1.18. The molecule has 0 aliphatic carbocycles. The lowest BCUT2D eigenvalue weighted by atomic mass is 10.1. The number of carbonyl (C=O) groups excluding carboxylic acids is 1.